The minimum absolute atomic E-state index is 0.0465. The fourth-order valence-electron chi connectivity index (χ4n) is 5.58. The zero-order valence-electron chi connectivity index (χ0n) is 18.1. The van der Waals surface area contributed by atoms with Crippen molar-refractivity contribution in [2.24, 2.45) is 0 Å². The highest BCUT2D eigenvalue weighted by Crippen LogP contribution is 2.51. The van der Waals surface area contributed by atoms with Crippen molar-refractivity contribution in [3.05, 3.63) is 59.5 Å². The van der Waals surface area contributed by atoms with Gasteiger partial charge in [-0.2, -0.15) is 5.10 Å². The lowest BCUT2D eigenvalue weighted by Gasteiger charge is -2.68. The molecular weight excluding hydrogens is 423 g/mol. The van der Waals surface area contributed by atoms with Gasteiger partial charge in [-0.25, -0.2) is 9.18 Å². The molecule has 33 heavy (non-hydrogen) atoms. The quantitative estimate of drug-likeness (QED) is 0.572. The Labute approximate surface area is 190 Å². The molecule has 1 aromatic heterocycles. The number of nitrogens with zero attached hydrogens (tertiary/aromatic N) is 3. The highest BCUT2D eigenvalue weighted by Gasteiger charge is 2.61. The van der Waals surface area contributed by atoms with E-state index in [0.717, 1.165) is 37.1 Å². The monoisotopic (exact) mass is 448 g/mol. The summed E-state index contributed by atoms with van der Waals surface area (Å²) >= 11 is 0. The smallest absolute Gasteiger partial charge is 0.319 e. The second-order valence-corrected chi connectivity index (χ2v) is 9.16. The number of rotatable bonds is 4. The summed E-state index contributed by atoms with van der Waals surface area (Å²) in [5.41, 5.74) is 2.72. The number of carbonyl (C=O) groups is 2. The van der Waals surface area contributed by atoms with Crippen LogP contribution in [0.5, 0.6) is 0 Å². The van der Waals surface area contributed by atoms with Crippen LogP contribution in [0.25, 0.3) is 10.9 Å². The van der Waals surface area contributed by atoms with Crippen LogP contribution < -0.4 is 10.6 Å². The summed E-state index contributed by atoms with van der Waals surface area (Å²) in [6.45, 7) is 3.07. The van der Waals surface area contributed by atoms with Gasteiger partial charge in [0.25, 0.3) is 5.91 Å². The summed E-state index contributed by atoms with van der Waals surface area (Å²) in [7, 11) is 0. The number of hydrogen-bond donors (Lipinski definition) is 3. The van der Waals surface area contributed by atoms with Gasteiger partial charge in [0.2, 0.25) is 0 Å². The lowest BCUT2D eigenvalue weighted by molar-refractivity contribution is -0.161. The molecule has 9 heteroatoms. The van der Waals surface area contributed by atoms with E-state index >= 15 is 0 Å². The van der Waals surface area contributed by atoms with Gasteiger partial charge in [0.15, 0.2) is 5.69 Å². The van der Waals surface area contributed by atoms with E-state index in [1.54, 1.807) is 24.3 Å². The number of nitrogens with one attached hydrogen (secondary N) is 3. The van der Waals surface area contributed by atoms with Crippen molar-refractivity contribution in [3.8, 4) is 0 Å². The van der Waals surface area contributed by atoms with E-state index < -0.39 is 0 Å². The Hall–Kier alpha value is -3.46. The largest absolute Gasteiger partial charge is 0.334 e. The molecule has 3 N–H and O–H groups in total. The van der Waals surface area contributed by atoms with Gasteiger partial charge < -0.3 is 15.5 Å². The van der Waals surface area contributed by atoms with Crippen molar-refractivity contribution in [2.45, 2.75) is 37.4 Å². The van der Waals surface area contributed by atoms with Crippen molar-refractivity contribution >= 4 is 28.5 Å². The van der Waals surface area contributed by atoms with Gasteiger partial charge in [-0.3, -0.25) is 14.8 Å². The Kier molecular flexibility index (Phi) is 4.62. The number of hydrogen-bond acceptors (Lipinski definition) is 4. The number of amides is 3. The van der Waals surface area contributed by atoms with Crippen LogP contribution in [0.2, 0.25) is 0 Å². The van der Waals surface area contributed by atoms with Crippen molar-refractivity contribution < 1.29 is 14.0 Å². The number of H-pyrrole nitrogens is 1. The molecule has 8 nitrogen and oxygen atoms in total. The molecule has 2 atom stereocenters. The number of benzene rings is 2. The molecule has 6 rings (SSSR count). The highest BCUT2D eigenvalue weighted by atomic mass is 19.1. The third-order valence-electron chi connectivity index (χ3n) is 7.55. The Balaban J connectivity index is 1.17. The molecular formula is C24H25FN6O2. The van der Waals surface area contributed by atoms with E-state index in [-0.39, 0.29) is 35.9 Å². The molecule has 170 valence electrons. The number of halogens is 1. The summed E-state index contributed by atoms with van der Waals surface area (Å²) in [5.74, 6) is -0.362. The van der Waals surface area contributed by atoms with Gasteiger partial charge >= 0.3 is 6.03 Å². The molecule has 0 radical (unpaired) electrons. The summed E-state index contributed by atoms with van der Waals surface area (Å²) in [4.78, 5) is 30.3. The average molecular weight is 449 g/mol. The normalized spacial score (nSPS) is 23.8. The van der Waals surface area contributed by atoms with Crippen LogP contribution >= 0.6 is 0 Å². The first kappa shape index (κ1) is 20.2. The summed E-state index contributed by atoms with van der Waals surface area (Å²) in [6, 6.07) is 11.2. The number of piperazine rings is 1. The van der Waals surface area contributed by atoms with Crippen LogP contribution in [-0.2, 0) is 6.54 Å². The molecule has 1 spiro atoms. The Morgan fingerprint density at radius 2 is 1.97 bits per heavy atom. The van der Waals surface area contributed by atoms with Crippen molar-refractivity contribution in [3.63, 3.8) is 0 Å². The van der Waals surface area contributed by atoms with Crippen LogP contribution in [0, 0.1) is 5.82 Å². The maximum Gasteiger partial charge on any atom is 0.319 e. The summed E-state index contributed by atoms with van der Waals surface area (Å²) in [6.07, 6.45) is 3.39. The molecule has 3 heterocycles. The molecule has 3 aliphatic rings. The predicted molar refractivity (Wildman–Crippen MR) is 121 cm³/mol. The molecule has 2 unspecified atom stereocenters. The molecule has 1 saturated carbocycles. The van der Waals surface area contributed by atoms with E-state index in [4.69, 9.17) is 0 Å². The van der Waals surface area contributed by atoms with Crippen molar-refractivity contribution in [1.82, 2.24) is 25.3 Å². The van der Waals surface area contributed by atoms with Gasteiger partial charge in [0.05, 0.1) is 11.6 Å². The third-order valence-corrected chi connectivity index (χ3v) is 7.55. The molecule has 2 saturated heterocycles. The minimum Gasteiger partial charge on any atom is -0.334 e. The van der Waals surface area contributed by atoms with Crippen molar-refractivity contribution in [2.75, 3.05) is 25.0 Å². The summed E-state index contributed by atoms with van der Waals surface area (Å²) < 4.78 is 13.0. The Morgan fingerprint density at radius 3 is 2.70 bits per heavy atom. The molecule has 2 aliphatic heterocycles. The van der Waals surface area contributed by atoms with Crippen LogP contribution in [0.1, 0.15) is 35.3 Å². The molecule has 0 bridgehead atoms. The fourth-order valence-corrected chi connectivity index (χ4v) is 5.58. The highest BCUT2D eigenvalue weighted by molar-refractivity contribution is 6.06. The van der Waals surface area contributed by atoms with Crippen LogP contribution in [0.15, 0.2) is 42.5 Å². The molecule has 2 aromatic carbocycles. The zero-order valence-corrected chi connectivity index (χ0v) is 18.1. The molecule has 1 aliphatic carbocycles. The first-order valence-electron chi connectivity index (χ1n) is 11.4. The number of fused-ring (bicyclic) bond motifs is 1. The fraction of sp³-hybridized carbons (Fsp3) is 0.375. The van der Waals surface area contributed by atoms with Crippen LogP contribution in [0.3, 0.4) is 0 Å². The number of carbonyl (C=O) groups excluding carboxylic acids is 2. The maximum absolute atomic E-state index is 13.5. The van der Waals surface area contributed by atoms with E-state index in [1.165, 1.54) is 25.0 Å². The molecule has 3 fully saturated rings. The van der Waals surface area contributed by atoms with E-state index in [2.05, 4.69) is 25.7 Å². The van der Waals surface area contributed by atoms with Gasteiger partial charge in [-0.05, 0) is 55.2 Å². The van der Waals surface area contributed by atoms with Gasteiger partial charge in [-0.1, -0.05) is 12.1 Å². The number of aromatic amines is 1. The van der Waals surface area contributed by atoms with Gasteiger partial charge in [0, 0.05) is 42.8 Å². The molecule has 3 amide bonds. The van der Waals surface area contributed by atoms with Crippen LogP contribution in [0.4, 0.5) is 14.9 Å². The minimum atomic E-state index is -0.382. The maximum atomic E-state index is 13.5. The first-order chi connectivity index (χ1) is 16.0. The second kappa shape index (κ2) is 7.55. The van der Waals surface area contributed by atoms with Crippen LogP contribution in [-0.4, -0.2) is 63.2 Å². The lowest BCUT2D eigenvalue weighted by atomic mass is 9.61. The summed E-state index contributed by atoms with van der Waals surface area (Å²) in [5, 5.41) is 13.5. The van der Waals surface area contributed by atoms with E-state index in [0.29, 0.717) is 16.8 Å². The number of anilines is 1. The lowest BCUT2D eigenvalue weighted by Crippen LogP contribution is -2.79. The van der Waals surface area contributed by atoms with Gasteiger partial charge in [-0.15, -0.1) is 0 Å². The topological polar surface area (TPSA) is 93.4 Å². The Morgan fingerprint density at radius 1 is 1.12 bits per heavy atom. The second-order valence-electron chi connectivity index (χ2n) is 9.16. The first-order valence-corrected chi connectivity index (χ1v) is 11.4. The zero-order chi connectivity index (χ0) is 22.6. The third kappa shape index (κ3) is 3.26. The number of urea groups is 1. The van der Waals surface area contributed by atoms with Crippen molar-refractivity contribution in [1.29, 1.82) is 0 Å². The molecule has 3 aromatic rings. The average Bonchev–Trinajstić information content (AvgIpc) is 3.18. The van der Waals surface area contributed by atoms with Gasteiger partial charge in [0.1, 0.15) is 5.82 Å². The standard InChI is InChI=1S/C24H25FN6O2/c25-16-3-1-15(2-4-16)14-26-23(33)27-17-5-6-19-18(13-17)21(29-28-19)22(32)31-12-11-30-10-9-24(30)8-7-20(24)31/h1-6,13,20H,7-12,14H2,(H,28,29)(H2,26,27,33). The van der Waals surface area contributed by atoms with E-state index in [9.17, 15) is 14.0 Å². The van der Waals surface area contributed by atoms with E-state index in [1.807, 2.05) is 11.0 Å². The predicted octanol–water partition coefficient (Wildman–Crippen LogP) is 3.09. The SMILES string of the molecule is O=C(NCc1ccc(F)cc1)Nc1ccc2[nH]nc(C(=O)N3CCN4CCC45CCC35)c2c1. The number of aromatic nitrogens is 2. The Bertz CT molecular complexity index is 1240.